The van der Waals surface area contributed by atoms with E-state index in [4.69, 9.17) is 0 Å². The van der Waals surface area contributed by atoms with Crippen LogP contribution >= 0.6 is 0 Å². The topological polar surface area (TPSA) is 0 Å². The normalized spacial score (nSPS) is 45.3. The van der Waals surface area contributed by atoms with Gasteiger partial charge in [0.25, 0.3) is 0 Å². The molecule has 7 atom stereocenters. The molecule has 4 rings (SSSR count). The summed E-state index contributed by atoms with van der Waals surface area (Å²) in [5, 5.41) is 0. The molecule has 0 N–H and O–H groups in total. The lowest BCUT2D eigenvalue weighted by atomic mass is 9.65. The fraction of sp³-hybridized carbons (Fsp3) is 1.00. The van der Waals surface area contributed by atoms with E-state index in [0.717, 1.165) is 70.1 Å². The predicted octanol–water partition coefficient (Wildman–Crippen LogP) is 10.4. The molecule has 0 heterocycles. The molecule has 3 heteroatoms. The fourth-order valence-corrected chi connectivity index (χ4v) is 8.91. The first-order valence-electron chi connectivity index (χ1n) is 15.9. The maximum Gasteiger partial charge on any atom is 0.134 e. The van der Waals surface area contributed by atoms with E-state index in [1.54, 1.807) is 0 Å². The summed E-state index contributed by atoms with van der Waals surface area (Å²) < 4.78 is 45.4. The van der Waals surface area contributed by atoms with Gasteiger partial charge in [0, 0.05) is 0 Å². The van der Waals surface area contributed by atoms with Crippen molar-refractivity contribution in [2.45, 2.75) is 154 Å². The van der Waals surface area contributed by atoms with Crippen LogP contribution in [0.5, 0.6) is 0 Å². The van der Waals surface area contributed by atoms with Crippen LogP contribution in [0.1, 0.15) is 136 Å². The minimum atomic E-state index is -1.25. The molecule has 0 aromatic rings. The highest BCUT2D eigenvalue weighted by molar-refractivity contribution is 4.93. The summed E-state index contributed by atoms with van der Waals surface area (Å²) in [4.78, 5) is 0. The van der Waals surface area contributed by atoms with Crippen LogP contribution in [0.4, 0.5) is 13.2 Å². The summed E-state index contributed by atoms with van der Waals surface area (Å²) >= 11 is 0. The minimum absolute atomic E-state index is 0.0276. The monoisotopic (exact) mass is 496 g/mol. The third kappa shape index (κ3) is 7.22. The van der Waals surface area contributed by atoms with Crippen molar-refractivity contribution in [1.82, 2.24) is 0 Å². The number of halogens is 3. The second kappa shape index (κ2) is 13.5. The van der Waals surface area contributed by atoms with E-state index in [1.807, 2.05) is 0 Å². The molecule has 4 aliphatic rings. The summed E-state index contributed by atoms with van der Waals surface area (Å²) in [5.74, 6) is 3.26. The van der Waals surface area contributed by atoms with Crippen LogP contribution in [0.25, 0.3) is 0 Å². The lowest BCUT2D eigenvalue weighted by molar-refractivity contribution is -0.0164. The van der Waals surface area contributed by atoms with Crippen molar-refractivity contribution in [2.75, 3.05) is 0 Å². The molecular weight excluding hydrogens is 441 g/mol. The fourth-order valence-electron chi connectivity index (χ4n) is 8.91. The Morgan fingerprint density at radius 3 is 1.77 bits per heavy atom. The van der Waals surface area contributed by atoms with Gasteiger partial charge in [-0.05, 0) is 112 Å². The molecule has 35 heavy (non-hydrogen) atoms. The highest BCUT2D eigenvalue weighted by Gasteiger charge is 2.44. The van der Waals surface area contributed by atoms with Crippen LogP contribution in [-0.4, -0.2) is 18.5 Å². The zero-order valence-corrected chi connectivity index (χ0v) is 22.9. The smallest absolute Gasteiger partial charge is 0.134 e. The molecule has 4 aliphatic carbocycles. The summed E-state index contributed by atoms with van der Waals surface area (Å²) in [6.07, 6.45) is 18.0. The van der Waals surface area contributed by atoms with Gasteiger partial charge in [0.1, 0.15) is 18.5 Å². The van der Waals surface area contributed by atoms with Crippen molar-refractivity contribution >= 4 is 0 Å². The van der Waals surface area contributed by atoms with Gasteiger partial charge in [0.2, 0.25) is 0 Å². The van der Waals surface area contributed by atoms with Crippen LogP contribution in [0.15, 0.2) is 0 Å². The van der Waals surface area contributed by atoms with Crippen molar-refractivity contribution < 1.29 is 13.2 Å². The van der Waals surface area contributed by atoms with Gasteiger partial charge in [-0.3, -0.25) is 0 Å². The Bertz CT molecular complexity index is 592. The van der Waals surface area contributed by atoms with Crippen molar-refractivity contribution in [3.8, 4) is 0 Å². The molecule has 4 fully saturated rings. The molecule has 0 aliphatic heterocycles. The third-order valence-corrected chi connectivity index (χ3v) is 11.4. The van der Waals surface area contributed by atoms with E-state index < -0.39 is 18.5 Å². The van der Waals surface area contributed by atoms with Gasteiger partial charge in [0.15, 0.2) is 0 Å². The average Bonchev–Trinajstić information content (AvgIpc) is 2.89. The Kier molecular flexibility index (Phi) is 10.8. The molecule has 204 valence electrons. The third-order valence-electron chi connectivity index (χ3n) is 11.4. The highest BCUT2D eigenvalue weighted by Crippen LogP contribution is 2.47. The van der Waals surface area contributed by atoms with Crippen LogP contribution in [0, 0.1) is 47.3 Å². The first-order chi connectivity index (χ1) is 17.0. The maximum atomic E-state index is 15.2. The molecule has 0 saturated heterocycles. The second-order valence-corrected chi connectivity index (χ2v) is 13.4. The number of hydrogen-bond acceptors (Lipinski definition) is 0. The van der Waals surface area contributed by atoms with Crippen LogP contribution in [0.2, 0.25) is 0 Å². The van der Waals surface area contributed by atoms with Gasteiger partial charge < -0.3 is 0 Å². The van der Waals surface area contributed by atoms with Crippen molar-refractivity contribution in [3.63, 3.8) is 0 Å². The molecule has 7 unspecified atom stereocenters. The zero-order chi connectivity index (χ0) is 24.8. The zero-order valence-electron chi connectivity index (χ0n) is 22.9. The molecule has 0 aromatic heterocycles. The summed E-state index contributed by atoms with van der Waals surface area (Å²) in [7, 11) is 0. The quantitative estimate of drug-likeness (QED) is 0.298. The van der Waals surface area contributed by atoms with Gasteiger partial charge in [0.05, 0.1) is 0 Å². The Hall–Kier alpha value is -0.210. The Labute approximate surface area is 215 Å². The molecule has 0 aromatic carbocycles. The molecule has 0 amide bonds. The maximum absolute atomic E-state index is 15.2. The van der Waals surface area contributed by atoms with Gasteiger partial charge in [-0.2, -0.15) is 0 Å². The number of unbranched alkanes of at least 4 members (excludes halogenated alkanes) is 1. The van der Waals surface area contributed by atoms with E-state index in [2.05, 4.69) is 13.8 Å². The summed E-state index contributed by atoms with van der Waals surface area (Å²) in [6.45, 7) is 4.49. The van der Waals surface area contributed by atoms with Crippen molar-refractivity contribution in [2.24, 2.45) is 47.3 Å². The number of alkyl halides is 3. The molecule has 0 nitrogen and oxygen atoms in total. The Morgan fingerprint density at radius 1 is 0.543 bits per heavy atom. The predicted molar refractivity (Wildman–Crippen MR) is 142 cm³/mol. The van der Waals surface area contributed by atoms with Gasteiger partial charge >= 0.3 is 0 Å². The van der Waals surface area contributed by atoms with Gasteiger partial charge in [-0.15, -0.1) is 0 Å². The van der Waals surface area contributed by atoms with Crippen LogP contribution in [-0.2, 0) is 0 Å². The minimum Gasteiger partial charge on any atom is -0.247 e. The average molecular weight is 497 g/mol. The molecule has 4 saturated carbocycles. The van der Waals surface area contributed by atoms with E-state index in [1.165, 1.54) is 57.8 Å². The lowest BCUT2D eigenvalue weighted by Gasteiger charge is -2.42. The summed E-state index contributed by atoms with van der Waals surface area (Å²) in [5.41, 5.74) is 0. The van der Waals surface area contributed by atoms with Crippen molar-refractivity contribution in [1.29, 1.82) is 0 Å². The van der Waals surface area contributed by atoms with E-state index in [0.29, 0.717) is 29.6 Å². The number of hydrogen-bond donors (Lipinski definition) is 0. The molecule has 0 bridgehead atoms. The van der Waals surface area contributed by atoms with E-state index in [9.17, 15) is 0 Å². The first-order valence-corrected chi connectivity index (χ1v) is 15.9. The standard InChI is InChI=1S/C32H55F3/c1-3-5-6-24-12-19-28(30(33)21-24)25-15-9-23(10-16-25)11-17-27-18-20-29(32(35)31(27)34)26-13-7-22(4-2)8-14-26/h22-32H,3-21H2,1-2H3. The first kappa shape index (κ1) is 27.8. The van der Waals surface area contributed by atoms with Crippen molar-refractivity contribution in [3.05, 3.63) is 0 Å². The Morgan fingerprint density at radius 2 is 1.14 bits per heavy atom. The van der Waals surface area contributed by atoms with E-state index in [-0.39, 0.29) is 11.8 Å². The van der Waals surface area contributed by atoms with Crippen LogP contribution in [0.3, 0.4) is 0 Å². The number of rotatable bonds is 9. The van der Waals surface area contributed by atoms with E-state index >= 15 is 13.2 Å². The van der Waals surface area contributed by atoms with Crippen LogP contribution < -0.4 is 0 Å². The second-order valence-electron chi connectivity index (χ2n) is 13.4. The SMILES string of the molecule is CCCCC1CCC(C2CCC(CCC3CCC(C4CCC(CC)CC4)C(F)C3F)CC2)C(F)C1. The largest absolute Gasteiger partial charge is 0.247 e. The Balaban J connectivity index is 1.15. The van der Waals surface area contributed by atoms with Gasteiger partial charge in [-0.1, -0.05) is 71.6 Å². The summed E-state index contributed by atoms with van der Waals surface area (Å²) in [6, 6.07) is 0. The lowest BCUT2D eigenvalue weighted by Crippen LogP contribution is -2.42. The molecular formula is C32H55F3. The molecule has 0 radical (unpaired) electrons. The highest BCUT2D eigenvalue weighted by atomic mass is 19.2. The van der Waals surface area contributed by atoms with Gasteiger partial charge in [-0.25, -0.2) is 13.2 Å². The molecule has 0 spiro atoms.